The van der Waals surface area contributed by atoms with Gasteiger partial charge in [-0.05, 0) is 63.1 Å². The van der Waals surface area contributed by atoms with E-state index >= 15 is 0 Å². The fourth-order valence-electron chi connectivity index (χ4n) is 4.10. The molecule has 1 saturated carbocycles. The average molecular weight is 386 g/mol. The van der Waals surface area contributed by atoms with Gasteiger partial charge in [-0.1, -0.05) is 17.7 Å². The molecule has 0 aliphatic heterocycles. The Bertz CT molecular complexity index is 731. The lowest BCUT2D eigenvalue weighted by atomic mass is 9.83. The first-order valence-corrected chi connectivity index (χ1v) is 10.1. The second kappa shape index (κ2) is 9.73. The fraction of sp³-hybridized carbons (Fsp3) is 0.545. The van der Waals surface area contributed by atoms with Crippen molar-refractivity contribution in [2.45, 2.75) is 57.1 Å². The van der Waals surface area contributed by atoms with Gasteiger partial charge in [0.25, 0.3) is 5.91 Å². The summed E-state index contributed by atoms with van der Waals surface area (Å²) < 4.78 is 5.58. The van der Waals surface area contributed by atoms with E-state index in [9.17, 15) is 14.7 Å². The van der Waals surface area contributed by atoms with Crippen molar-refractivity contribution in [1.29, 1.82) is 0 Å². The molecule has 0 heterocycles. The van der Waals surface area contributed by atoms with Crippen LogP contribution in [-0.4, -0.2) is 42.7 Å². The van der Waals surface area contributed by atoms with Crippen molar-refractivity contribution in [3.63, 3.8) is 0 Å². The van der Waals surface area contributed by atoms with Crippen LogP contribution in [0.2, 0.25) is 0 Å². The van der Waals surface area contributed by atoms with E-state index in [0.717, 1.165) is 19.3 Å². The first-order chi connectivity index (χ1) is 13.6. The molecule has 2 amide bonds. The molecule has 3 rings (SSSR count). The van der Waals surface area contributed by atoms with Gasteiger partial charge in [0.05, 0.1) is 12.1 Å². The molecule has 0 saturated heterocycles. The summed E-state index contributed by atoms with van der Waals surface area (Å²) in [4.78, 5) is 25.0. The van der Waals surface area contributed by atoms with Crippen molar-refractivity contribution in [1.82, 2.24) is 10.6 Å². The van der Waals surface area contributed by atoms with Gasteiger partial charge in [-0.15, -0.1) is 0 Å². The van der Waals surface area contributed by atoms with Gasteiger partial charge in [-0.2, -0.15) is 0 Å². The van der Waals surface area contributed by atoms with Crippen molar-refractivity contribution in [3.05, 3.63) is 41.5 Å². The maximum Gasteiger partial charge on any atom is 0.251 e. The van der Waals surface area contributed by atoms with E-state index in [1.807, 2.05) is 0 Å². The maximum atomic E-state index is 12.6. The smallest absolute Gasteiger partial charge is 0.251 e. The number of phenolic OH excluding ortho intramolecular Hbond substituents is 1. The normalized spacial score (nSPS) is 24.9. The summed E-state index contributed by atoms with van der Waals surface area (Å²) in [6, 6.07) is 6.12. The van der Waals surface area contributed by atoms with E-state index < -0.39 is 0 Å². The van der Waals surface area contributed by atoms with E-state index in [0.29, 0.717) is 24.9 Å². The summed E-state index contributed by atoms with van der Waals surface area (Å²) in [5.41, 5.74) is 1.74. The number of benzene rings is 1. The number of carbonyl (C=O) groups excluding carboxylic acids is 2. The van der Waals surface area contributed by atoms with E-state index in [1.165, 1.54) is 30.5 Å². The van der Waals surface area contributed by atoms with E-state index in [1.54, 1.807) is 19.2 Å². The number of phenols is 1. The van der Waals surface area contributed by atoms with Gasteiger partial charge in [0.1, 0.15) is 5.75 Å². The van der Waals surface area contributed by atoms with Gasteiger partial charge in [-0.3, -0.25) is 9.59 Å². The highest BCUT2D eigenvalue weighted by atomic mass is 16.5. The van der Waals surface area contributed by atoms with Crippen molar-refractivity contribution in [2.75, 3.05) is 13.7 Å². The van der Waals surface area contributed by atoms with Crippen LogP contribution >= 0.6 is 0 Å². The molecule has 1 aromatic rings. The van der Waals surface area contributed by atoms with Gasteiger partial charge in [-0.25, -0.2) is 0 Å². The third-order valence-corrected chi connectivity index (χ3v) is 5.76. The van der Waals surface area contributed by atoms with Gasteiger partial charge >= 0.3 is 0 Å². The minimum atomic E-state index is -0.241. The number of hydrogen-bond acceptors (Lipinski definition) is 4. The van der Waals surface area contributed by atoms with Crippen LogP contribution in [0.3, 0.4) is 0 Å². The number of aromatic hydroxyl groups is 1. The summed E-state index contributed by atoms with van der Waals surface area (Å²) in [6.45, 7) is 0.643. The predicted molar refractivity (Wildman–Crippen MR) is 107 cm³/mol. The van der Waals surface area contributed by atoms with Gasteiger partial charge in [0.2, 0.25) is 5.91 Å². The number of hydrogen-bond donors (Lipinski definition) is 3. The molecule has 3 atom stereocenters. The minimum Gasteiger partial charge on any atom is -0.508 e. The highest BCUT2D eigenvalue weighted by Crippen LogP contribution is 2.27. The van der Waals surface area contributed by atoms with Gasteiger partial charge in [0, 0.05) is 25.1 Å². The Balaban J connectivity index is 1.52. The van der Waals surface area contributed by atoms with E-state index in [2.05, 4.69) is 16.7 Å². The van der Waals surface area contributed by atoms with Crippen LogP contribution in [-0.2, 0) is 9.53 Å². The van der Waals surface area contributed by atoms with Crippen LogP contribution in [0.1, 0.15) is 55.3 Å². The number of ether oxygens (including phenoxy) is 1. The molecule has 3 N–H and O–H groups in total. The molecule has 0 bridgehead atoms. The fourth-order valence-corrected chi connectivity index (χ4v) is 4.10. The van der Waals surface area contributed by atoms with Crippen molar-refractivity contribution in [2.24, 2.45) is 5.92 Å². The molecule has 28 heavy (non-hydrogen) atoms. The lowest BCUT2D eigenvalue weighted by molar-refractivity contribution is -0.127. The number of amides is 2. The molecule has 2 aliphatic rings. The Kier molecular flexibility index (Phi) is 7.09. The summed E-state index contributed by atoms with van der Waals surface area (Å²) in [7, 11) is 1.62. The number of rotatable bonds is 6. The third-order valence-electron chi connectivity index (χ3n) is 5.76. The lowest BCUT2D eigenvalue weighted by Crippen LogP contribution is -2.49. The van der Waals surface area contributed by atoms with Crippen LogP contribution < -0.4 is 10.6 Å². The molecular formula is C22H30N2O4. The molecular weight excluding hydrogens is 356 g/mol. The number of allylic oxidation sites excluding steroid dienone is 1. The Morgan fingerprint density at radius 2 is 2.11 bits per heavy atom. The number of carbonyl (C=O) groups is 2. The summed E-state index contributed by atoms with van der Waals surface area (Å²) in [6.07, 6.45) is 8.67. The SMILES string of the molecule is CO[C@H]1C[C@@H](C(=O)NCC2=CCCCC2)CC[C@@H]1NC(=O)c1cccc(O)c1. The third kappa shape index (κ3) is 5.35. The average Bonchev–Trinajstić information content (AvgIpc) is 2.73. The van der Waals surface area contributed by atoms with Crippen LogP contribution in [0.5, 0.6) is 5.75 Å². The second-order valence-electron chi connectivity index (χ2n) is 7.74. The summed E-state index contributed by atoms with van der Waals surface area (Å²) >= 11 is 0. The predicted octanol–water partition coefficient (Wildman–Crippen LogP) is 2.92. The zero-order valence-electron chi connectivity index (χ0n) is 16.4. The minimum absolute atomic E-state index is 0.0596. The van der Waals surface area contributed by atoms with Crippen molar-refractivity contribution in [3.8, 4) is 5.75 Å². The molecule has 6 heteroatoms. The molecule has 2 aliphatic carbocycles. The Morgan fingerprint density at radius 3 is 2.82 bits per heavy atom. The zero-order valence-corrected chi connectivity index (χ0v) is 16.4. The summed E-state index contributed by atoms with van der Waals surface area (Å²) in [5.74, 6) is -0.200. The Morgan fingerprint density at radius 1 is 1.25 bits per heavy atom. The van der Waals surface area contributed by atoms with Gasteiger partial charge in [0.15, 0.2) is 0 Å². The highest BCUT2D eigenvalue weighted by Gasteiger charge is 2.35. The Hall–Kier alpha value is -2.34. The van der Waals surface area contributed by atoms with Crippen LogP contribution in [0.15, 0.2) is 35.9 Å². The maximum absolute atomic E-state index is 12.6. The molecule has 1 fully saturated rings. The lowest BCUT2D eigenvalue weighted by Gasteiger charge is -2.35. The largest absolute Gasteiger partial charge is 0.508 e. The molecule has 1 aromatic carbocycles. The van der Waals surface area contributed by atoms with Gasteiger partial charge < -0.3 is 20.5 Å². The summed E-state index contributed by atoms with van der Waals surface area (Å²) in [5, 5.41) is 15.6. The van der Waals surface area contributed by atoms with E-state index in [4.69, 9.17) is 4.74 Å². The first-order valence-electron chi connectivity index (χ1n) is 10.1. The molecule has 0 spiro atoms. The molecule has 0 radical (unpaired) electrons. The van der Waals surface area contributed by atoms with Crippen molar-refractivity contribution < 1.29 is 19.4 Å². The van der Waals surface area contributed by atoms with Crippen LogP contribution in [0, 0.1) is 5.92 Å². The first kappa shape index (κ1) is 20.4. The molecule has 6 nitrogen and oxygen atoms in total. The van der Waals surface area contributed by atoms with Crippen molar-refractivity contribution >= 4 is 11.8 Å². The highest BCUT2D eigenvalue weighted by molar-refractivity contribution is 5.94. The quantitative estimate of drug-likeness (QED) is 0.656. The van der Waals surface area contributed by atoms with Crippen LogP contribution in [0.25, 0.3) is 0 Å². The topological polar surface area (TPSA) is 87.7 Å². The monoisotopic (exact) mass is 386 g/mol. The molecule has 0 unspecified atom stereocenters. The van der Waals surface area contributed by atoms with Crippen LogP contribution in [0.4, 0.5) is 0 Å². The standard InChI is InChI=1S/C22H30N2O4/c1-28-20-13-17(21(26)23-14-15-6-3-2-4-7-15)10-11-19(20)24-22(27)16-8-5-9-18(25)12-16/h5-6,8-9,12,17,19-20,25H,2-4,7,10-11,13-14H2,1H3,(H,23,26)(H,24,27)/t17-,19-,20-/m0/s1. The number of nitrogens with one attached hydrogen (secondary N) is 2. The Labute approximate surface area is 166 Å². The number of methoxy groups -OCH3 is 1. The molecule has 152 valence electrons. The van der Waals surface area contributed by atoms with E-state index in [-0.39, 0.29) is 35.6 Å². The second-order valence-corrected chi connectivity index (χ2v) is 7.74. The molecule has 0 aromatic heterocycles. The zero-order chi connectivity index (χ0) is 19.9.